The molecule has 0 bridgehead atoms. The van der Waals surface area contributed by atoms with E-state index < -0.39 is 5.97 Å². The van der Waals surface area contributed by atoms with Crippen molar-refractivity contribution in [2.45, 2.75) is 13.8 Å². The molecule has 72 valence electrons. The Morgan fingerprint density at radius 2 is 2.15 bits per heavy atom. The Hall–Kier alpha value is -1.45. The van der Waals surface area contributed by atoms with Crippen LogP contribution in [0.15, 0.2) is 16.7 Å². The SMILES string of the molecule is CCN(CC)c1ccoc1C(=O)O. The van der Waals surface area contributed by atoms with Crippen molar-refractivity contribution in [1.29, 1.82) is 0 Å². The minimum atomic E-state index is -1.02. The number of carboxylic acid groups (broad SMARTS) is 1. The van der Waals surface area contributed by atoms with E-state index in [4.69, 9.17) is 9.52 Å². The Morgan fingerprint density at radius 1 is 1.54 bits per heavy atom. The van der Waals surface area contributed by atoms with Gasteiger partial charge in [-0.1, -0.05) is 0 Å². The fourth-order valence-corrected chi connectivity index (χ4v) is 1.28. The highest BCUT2D eigenvalue weighted by atomic mass is 16.4. The summed E-state index contributed by atoms with van der Waals surface area (Å²) < 4.78 is 4.87. The molecule has 1 N–H and O–H groups in total. The van der Waals surface area contributed by atoms with Crippen molar-refractivity contribution in [2.24, 2.45) is 0 Å². The average Bonchev–Trinajstić information content (AvgIpc) is 2.55. The van der Waals surface area contributed by atoms with Gasteiger partial charge < -0.3 is 14.4 Å². The third kappa shape index (κ3) is 1.83. The molecule has 1 rings (SSSR count). The van der Waals surface area contributed by atoms with Gasteiger partial charge in [0.15, 0.2) is 0 Å². The van der Waals surface area contributed by atoms with Gasteiger partial charge in [-0.2, -0.15) is 0 Å². The molecule has 0 atom stereocenters. The van der Waals surface area contributed by atoms with Gasteiger partial charge in [-0.15, -0.1) is 0 Å². The minimum absolute atomic E-state index is 0.0173. The Bertz CT molecular complexity index is 289. The van der Waals surface area contributed by atoms with Crippen LogP contribution in [0.3, 0.4) is 0 Å². The maximum atomic E-state index is 10.7. The van der Waals surface area contributed by atoms with Gasteiger partial charge in [0.25, 0.3) is 0 Å². The van der Waals surface area contributed by atoms with Crippen LogP contribution < -0.4 is 4.90 Å². The lowest BCUT2D eigenvalue weighted by molar-refractivity contribution is 0.0663. The second-order valence-corrected chi connectivity index (χ2v) is 2.61. The molecular weight excluding hydrogens is 170 g/mol. The molecule has 0 saturated heterocycles. The highest BCUT2D eigenvalue weighted by Crippen LogP contribution is 2.21. The Kier molecular flexibility index (Phi) is 2.95. The summed E-state index contributed by atoms with van der Waals surface area (Å²) in [4.78, 5) is 12.6. The van der Waals surface area contributed by atoms with Crippen LogP contribution in [0.4, 0.5) is 5.69 Å². The van der Waals surface area contributed by atoms with E-state index in [2.05, 4.69) is 0 Å². The quantitative estimate of drug-likeness (QED) is 0.773. The molecule has 0 amide bonds. The van der Waals surface area contributed by atoms with E-state index in [1.54, 1.807) is 6.07 Å². The zero-order chi connectivity index (χ0) is 9.84. The van der Waals surface area contributed by atoms with Gasteiger partial charge in [0.1, 0.15) is 0 Å². The van der Waals surface area contributed by atoms with Crippen LogP contribution in [0.2, 0.25) is 0 Å². The maximum Gasteiger partial charge on any atom is 0.374 e. The standard InChI is InChI=1S/C9H13NO3/c1-3-10(4-2)7-5-6-13-8(7)9(11)12/h5-6H,3-4H2,1-2H3,(H,11,12). The number of hydrogen-bond acceptors (Lipinski definition) is 3. The van der Waals surface area contributed by atoms with Crippen LogP contribution in [0.1, 0.15) is 24.4 Å². The van der Waals surface area contributed by atoms with Gasteiger partial charge in [-0.3, -0.25) is 0 Å². The number of rotatable bonds is 4. The summed E-state index contributed by atoms with van der Waals surface area (Å²) in [5.74, 6) is -1.00. The van der Waals surface area contributed by atoms with Gasteiger partial charge >= 0.3 is 5.97 Å². The zero-order valence-electron chi connectivity index (χ0n) is 7.78. The molecule has 0 fully saturated rings. The second-order valence-electron chi connectivity index (χ2n) is 2.61. The van der Waals surface area contributed by atoms with Crippen molar-refractivity contribution < 1.29 is 14.3 Å². The van der Waals surface area contributed by atoms with E-state index in [0.717, 1.165) is 13.1 Å². The minimum Gasteiger partial charge on any atom is -0.475 e. The highest BCUT2D eigenvalue weighted by molar-refractivity contribution is 5.91. The van der Waals surface area contributed by atoms with Crippen molar-refractivity contribution in [3.05, 3.63) is 18.1 Å². The first-order valence-corrected chi connectivity index (χ1v) is 4.26. The lowest BCUT2D eigenvalue weighted by Gasteiger charge is -2.18. The van der Waals surface area contributed by atoms with Crippen LogP contribution >= 0.6 is 0 Å². The topological polar surface area (TPSA) is 53.7 Å². The molecule has 1 aromatic rings. The molecule has 0 aromatic carbocycles. The van der Waals surface area contributed by atoms with Crippen molar-refractivity contribution in [1.82, 2.24) is 0 Å². The fraction of sp³-hybridized carbons (Fsp3) is 0.444. The summed E-state index contributed by atoms with van der Waals surface area (Å²) in [6.45, 7) is 5.50. The van der Waals surface area contributed by atoms with Crippen LogP contribution in [0.25, 0.3) is 0 Å². The van der Waals surface area contributed by atoms with E-state index in [1.807, 2.05) is 18.7 Å². The van der Waals surface area contributed by atoms with Gasteiger partial charge in [-0.25, -0.2) is 4.79 Å². The normalized spacial score (nSPS) is 10.0. The number of aromatic carboxylic acids is 1. The van der Waals surface area contributed by atoms with Gasteiger partial charge in [-0.05, 0) is 13.8 Å². The van der Waals surface area contributed by atoms with Crippen molar-refractivity contribution in [2.75, 3.05) is 18.0 Å². The van der Waals surface area contributed by atoms with E-state index in [9.17, 15) is 4.79 Å². The van der Waals surface area contributed by atoms with Crippen LogP contribution in [0, 0.1) is 0 Å². The van der Waals surface area contributed by atoms with Crippen LogP contribution in [0.5, 0.6) is 0 Å². The van der Waals surface area contributed by atoms with Crippen molar-refractivity contribution in [3.8, 4) is 0 Å². The number of furan rings is 1. The lowest BCUT2D eigenvalue weighted by atomic mass is 10.3. The molecular formula is C9H13NO3. The Balaban J connectivity index is 2.98. The molecule has 1 aromatic heterocycles. The van der Waals surface area contributed by atoms with Crippen molar-refractivity contribution >= 4 is 11.7 Å². The molecule has 0 aliphatic carbocycles. The molecule has 0 radical (unpaired) electrons. The summed E-state index contributed by atoms with van der Waals surface area (Å²) in [5, 5.41) is 8.77. The molecule has 1 heterocycles. The number of nitrogens with zero attached hydrogens (tertiary/aromatic N) is 1. The van der Waals surface area contributed by atoms with E-state index in [1.165, 1.54) is 6.26 Å². The smallest absolute Gasteiger partial charge is 0.374 e. The average molecular weight is 183 g/mol. The van der Waals surface area contributed by atoms with Crippen LogP contribution in [-0.4, -0.2) is 24.2 Å². The first kappa shape index (κ1) is 9.64. The van der Waals surface area contributed by atoms with Gasteiger partial charge in [0.2, 0.25) is 5.76 Å². The third-order valence-electron chi connectivity index (χ3n) is 1.94. The first-order valence-electron chi connectivity index (χ1n) is 4.26. The van der Waals surface area contributed by atoms with Crippen molar-refractivity contribution in [3.63, 3.8) is 0 Å². The predicted molar refractivity (Wildman–Crippen MR) is 49.2 cm³/mol. The molecule has 0 aliphatic heterocycles. The van der Waals surface area contributed by atoms with E-state index in [-0.39, 0.29) is 5.76 Å². The second kappa shape index (κ2) is 3.98. The first-order chi connectivity index (χ1) is 6.20. The van der Waals surface area contributed by atoms with E-state index >= 15 is 0 Å². The Labute approximate surface area is 76.8 Å². The number of carboxylic acids is 1. The predicted octanol–water partition coefficient (Wildman–Crippen LogP) is 1.82. The zero-order valence-corrected chi connectivity index (χ0v) is 7.78. The summed E-state index contributed by atoms with van der Waals surface area (Å²) in [7, 11) is 0. The van der Waals surface area contributed by atoms with E-state index in [0.29, 0.717) is 5.69 Å². The van der Waals surface area contributed by atoms with Crippen LogP contribution in [-0.2, 0) is 0 Å². The summed E-state index contributed by atoms with van der Waals surface area (Å²) in [5.41, 5.74) is 0.650. The summed E-state index contributed by atoms with van der Waals surface area (Å²) in [6, 6.07) is 1.68. The largest absolute Gasteiger partial charge is 0.475 e. The monoisotopic (exact) mass is 183 g/mol. The number of anilines is 1. The number of carbonyl (C=O) groups is 1. The molecule has 0 aliphatic rings. The van der Waals surface area contributed by atoms with Gasteiger partial charge in [0.05, 0.1) is 12.0 Å². The van der Waals surface area contributed by atoms with Gasteiger partial charge in [0, 0.05) is 19.2 Å². The molecule has 13 heavy (non-hydrogen) atoms. The molecule has 4 heteroatoms. The summed E-state index contributed by atoms with van der Waals surface area (Å²) in [6.07, 6.45) is 1.40. The maximum absolute atomic E-state index is 10.7. The molecule has 4 nitrogen and oxygen atoms in total. The summed E-state index contributed by atoms with van der Waals surface area (Å²) >= 11 is 0. The Morgan fingerprint density at radius 3 is 2.62 bits per heavy atom. The molecule has 0 saturated carbocycles. The molecule has 0 spiro atoms. The third-order valence-corrected chi connectivity index (χ3v) is 1.94. The highest BCUT2D eigenvalue weighted by Gasteiger charge is 2.17. The molecule has 0 unspecified atom stereocenters. The fourth-order valence-electron chi connectivity index (χ4n) is 1.28. The lowest BCUT2D eigenvalue weighted by Crippen LogP contribution is -2.23. The number of hydrogen-bond donors (Lipinski definition) is 1.